The molecule has 0 aliphatic carbocycles. The highest BCUT2D eigenvalue weighted by Crippen LogP contribution is 2.26. The minimum absolute atomic E-state index is 0.0296. The van der Waals surface area contributed by atoms with Crippen molar-refractivity contribution >= 4 is 12.1 Å². The number of carbonyl (C=O) groups excluding carboxylic acids is 1. The number of fused-ring (bicyclic) bond motifs is 2. The fraction of sp³-hybridized carbons (Fsp3) is 0.875. The van der Waals surface area contributed by atoms with Crippen molar-refractivity contribution in [3.8, 4) is 0 Å². The second-order valence-corrected chi connectivity index (χ2v) is 6.58. The summed E-state index contributed by atoms with van der Waals surface area (Å²) in [7, 11) is 3.66. The summed E-state index contributed by atoms with van der Waals surface area (Å²) >= 11 is 0. The van der Waals surface area contributed by atoms with Crippen LogP contribution >= 0.6 is 0 Å². The van der Waals surface area contributed by atoms with E-state index in [2.05, 4.69) is 9.89 Å². The first-order valence-electron chi connectivity index (χ1n) is 8.08. The quantitative estimate of drug-likeness (QED) is 0.696. The number of ether oxygens (including phenoxy) is 1. The Kier molecular flexibility index (Phi) is 5.76. The van der Waals surface area contributed by atoms with Crippen LogP contribution in [-0.2, 0) is 9.53 Å². The zero-order valence-corrected chi connectivity index (χ0v) is 13.8. The Hall–Kier alpha value is -0.940. The third kappa shape index (κ3) is 4.27. The van der Waals surface area contributed by atoms with Crippen LogP contribution in [0.3, 0.4) is 0 Å². The van der Waals surface area contributed by atoms with Crippen molar-refractivity contribution < 1.29 is 9.53 Å². The number of amides is 1. The van der Waals surface area contributed by atoms with E-state index in [1.54, 1.807) is 7.05 Å². The van der Waals surface area contributed by atoms with Crippen molar-refractivity contribution in [2.75, 3.05) is 33.7 Å². The van der Waals surface area contributed by atoms with Gasteiger partial charge >= 0.3 is 0 Å². The number of aliphatic imine (C=N–C) groups is 1. The third-order valence-electron chi connectivity index (χ3n) is 4.52. The first-order chi connectivity index (χ1) is 10.0. The van der Waals surface area contributed by atoms with Crippen molar-refractivity contribution in [3.05, 3.63) is 0 Å². The molecule has 0 spiro atoms. The van der Waals surface area contributed by atoms with Crippen molar-refractivity contribution in [3.63, 3.8) is 0 Å². The number of nitrogens with zero attached hydrogens (tertiary/aromatic N) is 3. The predicted octanol–water partition coefficient (Wildman–Crippen LogP) is 1.42. The normalized spacial score (nSPS) is 27.5. The molecule has 2 rings (SSSR count). The number of hydrogen-bond acceptors (Lipinski definition) is 4. The number of hydrogen-bond donors (Lipinski definition) is 0. The molecule has 5 nitrogen and oxygen atoms in total. The maximum Gasteiger partial charge on any atom is 0.225 e. The molecule has 0 aromatic heterocycles. The molecular formula is C16H29N3O2. The van der Waals surface area contributed by atoms with E-state index in [9.17, 15) is 4.79 Å². The lowest BCUT2D eigenvalue weighted by Gasteiger charge is -2.34. The average molecular weight is 295 g/mol. The maximum absolute atomic E-state index is 12.2. The Bertz CT molecular complexity index is 372. The molecule has 0 N–H and O–H groups in total. The second-order valence-electron chi connectivity index (χ2n) is 6.58. The maximum atomic E-state index is 12.2. The zero-order chi connectivity index (χ0) is 15.4. The molecule has 2 aliphatic rings. The van der Waals surface area contributed by atoms with Crippen LogP contribution in [0.15, 0.2) is 4.99 Å². The van der Waals surface area contributed by atoms with E-state index in [1.165, 1.54) is 12.8 Å². The van der Waals surface area contributed by atoms with Gasteiger partial charge in [-0.2, -0.15) is 0 Å². The van der Waals surface area contributed by atoms with Gasteiger partial charge in [0.1, 0.15) is 0 Å². The molecule has 2 heterocycles. The summed E-state index contributed by atoms with van der Waals surface area (Å²) in [5.74, 6) is 0.212. The number of morpholine rings is 1. The summed E-state index contributed by atoms with van der Waals surface area (Å²) in [6, 6.07) is 0.0883. The van der Waals surface area contributed by atoms with Crippen LogP contribution < -0.4 is 0 Å². The molecule has 0 aromatic carbocycles. The first-order valence-corrected chi connectivity index (χ1v) is 8.08. The Morgan fingerprint density at radius 1 is 1.38 bits per heavy atom. The molecule has 2 aliphatic heterocycles. The summed E-state index contributed by atoms with van der Waals surface area (Å²) in [4.78, 5) is 20.6. The van der Waals surface area contributed by atoms with E-state index in [0.29, 0.717) is 12.2 Å². The molecule has 3 atom stereocenters. The van der Waals surface area contributed by atoms with Crippen LogP contribution in [0.25, 0.3) is 0 Å². The van der Waals surface area contributed by atoms with Crippen molar-refractivity contribution in [2.45, 2.75) is 51.4 Å². The molecule has 0 saturated carbocycles. The molecule has 0 aromatic rings. The molecule has 5 heteroatoms. The Balaban J connectivity index is 1.86. The van der Waals surface area contributed by atoms with Gasteiger partial charge in [-0.05, 0) is 19.3 Å². The largest absolute Gasteiger partial charge is 0.372 e. The average Bonchev–Trinajstić information content (AvgIpc) is 2.80. The van der Waals surface area contributed by atoms with Gasteiger partial charge in [0.15, 0.2) is 0 Å². The molecular weight excluding hydrogens is 266 g/mol. The summed E-state index contributed by atoms with van der Waals surface area (Å²) < 4.78 is 5.87. The summed E-state index contributed by atoms with van der Waals surface area (Å²) in [5, 5.41) is 0. The fourth-order valence-corrected chi connectivity index (χ4v) is 3.31. The van der Waals surface area contributed by atoms with Gasteiger partial charge in [-0.25, -0.2) is 0 Å². The van der Waals surface area contributed by atoms with E-state index in [-0.39, 0.29) is 17.9 Å². The van der Waals surface area contributed by atoms with Crippen molar-refractivity contribution in [1.82, 2.24) is 9.80 Å². The van der Waals surface area contributed by atoms with Crippen molar-refractivity contribution in [2.24, 2.45) is 10.9 Å². The van der Waals surface area contributed by atoms with E-state index in [0.717, 1.165) is 26.1 Å². The lowest BCUT2D eigenvalue weighted by atomic mass is 10.1. The van der Waals surface area contributed by atoms with E-state index in [4.69, 9.17) is 4.74 Å². The zero-order valence-electron chi connectivity index (χ0n) is 13.8. The van der Waals surface area contributed by atoms with E-state index in [1.807, 2.05) is 32.0 Å². The topological polar surface area (TPSA) is 45.1 Å². The predicted molar refractivity (Wildman–Crippen MR) is 84.8 cm³/mol. The molecule has 1 amide bonds. The monoisotopic (exact) mass is 295 g/mol. The summed E-state index contributed by atoms with van der Waals surface area (Å²) in [5.41, 5.74) is 0. The Morgan fingerprint density at radius 3 is 2.52 bits per heavy atom. The van der Waals surface area contributed by atoms with Gasteiger partial charge in [0.05, 0.1) is 18.2 Å². The molecule has 0 radical (unpaired) electrons. The third-order valence-corrected chi connectivity index (χ3v) is 4.52. The SMILES string of the molecule is CN=C[C@H](CCN1CC2CCC(C1)O2)N(C)C(=O)C(C)C. The Labute approximate surface area is 128 Å². The standard InChI is InChI=1S/C16H29N3O2/c1-12(2)16(20)18(4)13(9-17-3)7-8-19-10-14-5-6-15(11-19)21-14/h9,12-15H,5-8,10-11H2,1-4H3/t13-,14?,15?/m0/s1. The fourth-order valence-electron chi connectivity index (χ4n) is 3.31. The number of carbonyl (C=O) groups is 1. The molecule has 2 bridgehead atoms. The summed E-state index contributed by atoms with van der Waals surface area (Å²) in [6.45, 7) is 6.96. The highest BCUT2D eigenvalue weighted by Gasteiger charge is 2.33. The van der Waals surface area contributed by atoms with Crippen LogP contribution in [0.5, 0.6) is 0 Å². The summed E-state index contributed by atoms with van der Waals surface area (Å²) in [6.07, 6.45) is 6.09. The Morgan fingerprint density at radius 2 is 2.00 bits per heavy atom. The molecule has 2 fully saturated rings. The minimum Gasteiger partial charge on any atom is -0.372 e. The molecule has 21 heavy (non-hydrogen) atoms. The van der Waals surface area contributed by atoms with Crippen LogP contribution in [0.2, 0.25) is 0 Å². The van der Waals surface area contributed by atoms with Gasteiger partial charge in [0.25, 0.3) is 0 Å². The van der Waals surface area contributed by atoms with Crippen LogP contribution in [0.1, 0.15) is 33.1 Å². The van der Waals surface area contributed by atoms with E-state index < -0.39 is 0 Å². The second kappa shape index (κ2) is 7.36. The van der Waals surface area contributed by atoms with E-state index >= 15 is 0 Å². The lowest BCUT2D eigenvalue weighted by Crippen LogP contribution is -2.46. The lowest BCUT2D eigenvalue weighted by molar-refractivity contribution is -0.134. The van der Waals surface area contributed by atoms with Gasteiger partial charge in [-0.3, -0.25) is 14.7 Å². The van der Waals surface area contributed by atoms with Gasteiger partial charge in [-0.1, -0.05) is 13.8 Å². The number of likely N-dealkylation sites (tertiary alicyclic amines) is 1. The van der Waals surface area contributed by atoms with Gasteiger partial charge < -0.3 is 9.64 Å². The van der Waals surface area contributed by atoms with Gasteiger partial charge in [-0.15, -0.1) is 0 Å². The molecule has 120 valence electrons. The highest BCUT2D eigenvalue weighted by molar-refractivity contribution is 5.82. The molecule has 2 unspecified atom stereocenters. The molecule has 2 saturated heterocycles. The minimum atomic E-state index is 0.0296. The number of rotatable bonds is 6. The smallest absolute Gasteiger partial charge is 0.225 e. The van der Waals surface area contributed by atoms with Gasteiger partial charge in [0, 0.05) is 45.9 Å². The van der Waals surface area contributed by atoms with Gasteiger partial charge in [0.2, 0.25) is 5.91 Å². The highest BCUT2D eigenvalue weighted by atomic mass is 16.5. The van der Waals surface area contributed by atoms with Crippen molar-refractivity contribution in [1.29, 1.82) is 0 Å². The van der Waals surface area contributed by atoms with Crippen LogP contribution in [-0.4, -0.2) is 73.9 Å². The first kappa shape index (κ1) is 16.4. The van der Waals surface area contributed by atoms with Crippen LogP contribution in [0, 0.1) is 5.92 Å². The van der Waals surface area contributed by atoms with Crippen LogP contribution in [0.4, 0.5) is 0 Å².